The van der Waals surface area contributed by atoms with Crippen LogP contribution in [0.2, 0.25) is 0 Å². The maximum absolute atomic E-state index is 9.72. The summed E-state index contributed by atoms with van der Waals surface area (Å²) in [5.41, 5.74) is 1.86. The third-order valence-corrected chi connectivity index (χ3v) is 2.70. The Balaban J connectivity index is 2.71. The topological polar surface area (TPSA) is 47.9 Å². The molecule has 1 atom stereocenters. The molecule has 0 radical (unpaired) electrons. The molecule has 0 saturated carbocycles. The zero-order valence-electron chi connectivity index (χ0n) is 12.2. The van der Waals surface area contributed by atoms with Crippen LogP contribution in [0.5, 0.6) is 5.75 Å². The smallest absolute Gasteiger partial charge is 0.191 e. The lowest BCUT2D eigenvalue weighted by Crippen LogP contribution is -2.25. The van der Waals surface area contributed by atoms with Gasteiger partial charge in [0.05, 0.1) is 6.10 Å². The molecule has 1 aromatic rings. The van der Waals surface area contributed by atoms with Gasteiger partial charge in [0.2, 0.25) is 0 Å². The molecule has 1 N–H and O–H groups in total. The van der Waals surface area contributed by atoms with E-state index in [4.69, 9.17) is 14.2 Å². The molecule has 1 unspecified atom stereocenters. The van der Waals surface area contributed by atoms with Crippen LogP contribution in [0.25, 0.3) is 0 Å². The number of hydrogen-bond donors (Lipinski definition) is 1. The highest BCUT2D eigenvalue weighted by molar-refractivity contribution is 5.38. The number of ether oxygens (including phenoxy) is 3. The number of rotatable bonds is 8. The summed E-state index contributed by atoms with van der Waals surface area (Å²) in [7, 11) is 0. The Kier molecular flexibility index (Phi) is 6.84. The number of benzene rings is 1. The highest BCUT2D eigenvalue weighted by Gasteiger charge is 2.13. The van der Waals surface area contributed by atoms with E-state index in [2.05, 4.69) is 0 Å². The minimum absolute atomic E-state index is 0.310. The lowest BCUT2D eigenvalue weighted by atomic mass is 10.1. The molecule has 0 spiro atoms. The van der Waals surface area contributed by atoms with Gasteiger partial charge in [-0.3, -0.25) is 0 Å². The molecular formula is C15H24O4. The molecule has 0 heterocycles. The largest absolute Gasteiger partial charge is 0.488 e. The summed E-state index contributed by atoms with van der Waals surface area (Å²) in [6.07, 6.45) is -0.939. The first-order chi connectivity index (χ1) is 9.08. The van der Waals surface area contributed by atoms with Crippen LogP contribution in [0.4, 0.5) is 0 Å². The van der Waals surface area contributed by atoms with E-state index in [-0.39, 0.29) is 6.29 Å². The normalized spacial score (nSPS) is 12.7. The maximum atomic E-state index is 9.72. The zero-order chi connectivity index (χ0) is 14.3. The van der Waals surface area contributed by atoms with Gasteiger partial charge in [0.1, 0.15) is 12.4 Å². The lowest BCUT2D eigenvalue weighted by molar-refractivity contribution is -0.152. The minimum atomic E-state index is -0.562. The van der Waals surface area contributed by atoms with E-state index in [1.54, 1.807) is 6.92 Å². The van der Waals surface area contributed by atoms with Gasteiger partial charge in [-0.05, 0) is 39.3 Å². The van der Waals surface area contributed by atoms with Gasteiger partial charge in [-0.2, -0.15) is 0 Å². The molecule has 0 saturated heterocycles. The molecule has 0 aliphatic heterocycles. The molecule has 0 amide bonds. The van der Waals surface area contributed by atoms with E-state index in [9.17, 15) is 5.11 Å². The fraction of sp³-hybridized carbons (Fsp3) is 0.600. The Morgan fingerprint density at radius 2 is 1.79 bits per heavy atom. The summed E-state index contributed by atoms with van der Waals surface area (Å²) in [4.78, 5) is 0. The number of aliphatic hydroxyl groups excluding tert-OH is 1. The Hall–Kier alpha value is -1.10. The van der Waals surface area contributed by atoms with E-state index in [0.29, 0.717) is 25.6 Å². The van der Waals surface area contributed by atoms with Crippen LogP contribution < -0.4 is 4.74 Å². The molecule has 0 fully saturated rings. The van der Waals surface area contributed by atoms with Crippen molar-refractivity contribution in [2.45, 2.75) is 40.1 Å². The van der Waals surface area contributed by atoms with Gasteiger partial charge in [-0.1, -0.05) is 12.1 Å². The average Bonchev–Trinajstić information content (AvgIpc) is 2.36. The predicted molar refractivity (Wildman–Crippen MR) is 74.3 cm³/mol. The first kappa shape index (κ1) is 16.0. The first-order valence-electron chi connectivity index (χ1n) is 6.73. The van der Waals surface area contributed by atoms with Gasteiger partial charge in [-0.25, -0.2) is 0 Å². The second-order valence-electron chi connectivity index (χ2n) is 4.37. The van der Waals surface area contributed by atoms with Crippen molar-refractivity contribution < 1.29 is 19.3 Å². The molecule has 4 heteroatoms. The quantitative estimate of drug-likeness (QED) is 0.736. The van der Waals surface area contributed by atoms with Crippen molar-refractivity contribution in [2.24, 2.45) is 0 Å². The van der Waals surface area contributed by atoms with Gasteiger partial charge in [0.25, 0.3) is 0 Å². The first-order valence-corrected chi connectivity index (χ1v) is 6.73. The fourth-order valence-electron chi connectivity index (χ4n) is 1.79. The molecule has 1 aromatic carbocycles. The van der Waals surface area contributed by atoms with E-state index < -0.39 is 6.10 Å². The predicted octanol–water partition coefficient (Wildman–Crippen LogP) is 2.83. The van der Waals surface area contributed by atoms with Gasteiger partial charge < -0.3 is 19.3 Å². The van der Waals surface area contributed by atoms with Crippen molar-refractivity contribution >= 4 is 0 Å². The van der Waals surface area contributed by atoms with Gasteiger partial charge >= 0.3 is 0 Å². The van der Waals surface area contributed by atoms with Crippen molar-refractivity contribution in [3.63, 3.8) is 0 Å². The number of aliphatic hydroxyl groups is 1. The summed E-state index contributed by atoms with van der Waals surface area (Å²) in [5.74, 6) is 0.680. The van der Waals surface area contributed by atoms with Gasteiger partial charge in [0.15, 0.2) is 6.29 Å². The van der Waals surface area contributed by atoms with Crippen LogP contribution in [0.1, 0.15) is 38.0 Å². The molecule has 108 valence electrons. The Morgan fingerprint density at radius 1 is 1.16 bits per heavy atom. The van der Waals surface area contributed by atoms with Gasteiger partial charge in [0, 0.05) is 18.8 Å². The van der Waals surface area contributed by atoms with E-state index in [1.165, 1.54) is 0 Å². The van der Waals surface area contributed by atoms with E-state index >= 15 is 0 Å². The van der Waals surface area contributed by atoms with Crippen LogP contribution in [-0.2, 0) is 9.47 Å². The van der Waals surface area contributed by atoms with Crippen molar-refractivity contribution in [1.29, 1.82) is 0 Å². The van der Waals surface area contributed by atoms with Crippen LogP contribution in [0, 0.1) is 6.92 Å². The third-order valence-electron chi connectivity index (χ3n) is 2.70. The Labute approximate surface area is 115 Å². The fourth-order valence-corrected chi connectivity index (χ4v) is 1.79. The molecule has 0 bridgehead atoms. The second kappa shape index (κ2) is 8.15. The molecular weight excluding hydrogens is 244 g/mol. The van der Waals surface area contributed by atoms with Gasteiger partial charge in [-0.15, -0.1) is 0 Å². The molecule has 1 rings (SSSR count). The van der Waals surface area contributed by atoms with Crippen molar-refractivity contribution in [3.8, 4) is 5.75 Å². The molecule has 4 nitrogen and oxygen atoms in total. The average molecular weight is 268 g/mol. The van der Waals surface area contributed by atoms with Crippen LogP contribution >= 0.6 is 0 Å². The summed E-state index contributed by atoms with van der Waals surface area (Å²) in [6, 6.07) is 5.75. The molecule has 0 aliphatic carbocycles. The summed E-state index contributed by atoms with van der Waals surface area (Å²) in [6.45, 7) is 9.00. The SMILES string of the molecule is CCOC(COc1cc(C)ccc1C(C)O)OCC. The highest BCUT2D eigenvalue weighted by Crippen LogP contribution is 2.26. The van der Waals surface area contributed by atoms with Crippen LogP contribution in [0.15, 0.2) is 18.2 Å². The summed E-state index contributed by atoms with van der Waals surface area (Å²) in [5, 5.41) is 9.72. The number of hydrogen-bond acceptors (Lipinski definition) is 4. The zero-order valence-corrected chi connectivity index (χ0v) is 12.2. The van der Waals surface area contributed by atoms with E-state index in [1.807, 2.05) is 39.0 Å². The monoisotopic (exact) mass is 268 g/mol. The number of aryl methyl sites for hydroxylation is 1. The minimum Gasteiger partial charge on any atom is -0.488 e. The van der Waals surface area contributed by atoms with Crippen molar-refractivity contribution in [3.05, 3.63) is 29.3 Å². The third kappa shape index (κ3) is 5.19. The maximum Gasteiger partial charge on any atom is 0.191 e. The lowest BCUT2D eigenvalue weighted by Gasteiger charge is -2.19. The molecule has 19 heavy (non-hydrogen) atoms. The van der Waals surface area contributed by atoms with Crippen molar-refractivity contribution in [1.82, 2.24) is 0 Å². The van der Waals surface area contributed by atoms with Crippen LogP contribution in [0.3, 0.4) is 0 Å². The van der Waals surface area contributed by atoms with E-state index in [0.717, 1.165) is 11.1 Å². The molecule has 0 aromatic heterocycles. The second-order valence-corrected chi connectivity index (χ2v) is 4.37. The standard InChI is InChI=1S/C15H24O4/c1-5-17-15(18-6-2)10-19-14-9-11(3)7-8-13(14)12(4)16/h7-9,12,15-16H,5-6,10H2,1-4H3. The molecule has 0 aliphatic rings. The van der Waals surface area contributed by atoms with Crippen molar-refractivity contribution in [2.75, 3.05) is 19.8 Å². The Bertz CT molecular complexity index is 370. The van der Waals surface area contributed by atoms with Crippen LogP contribution in [-0.4, -0.2) is 31.2 Å². The summed E-state index contributed by atoms with van der Waals surface area (Å²) < 4.78 is 16.6. The summed E-state index contributed by atoms with van der Waals surface area (Å²) >= 11 is 0. The highest BCUT2D eigenvalue weighted by atomic mass is 16.7. The Morgan fingerprint density at radius 3 is 2.32 bits per heavy atom.